The lowest BCUT2D eigenvalue weighted by Gasteiger charge is -2.14. The van der Waals surface area contributed by atoms with E-state index in [0.29, 0.717) is 5.69 Å². The van der Waals surface area contributed by atoms with Crippen LogP contribution in [0.15, 0.2) is 35.3 Å². The summed E-state index contributed by atoms with van der Waals surface area (Å²) in [5.41, 5.74) is 5.21. The molecule has 0 spiro atoms. The molecule has 0 unspecified atom stereocenters. The number of hydrogen-bond donors (Lipinski definition) is 0. The van der Waals surface area contributed by atoms with Gasteiger partial charge < -0.3 is 4.57 Å². The van der Waals surface area contributed by atoms with Gasteiger partial charge >= 0.3 is 0 Å². The molecule has 0 radical (unpaired) electrons. The molecule has 4 heteroatoms. The summed E-state index contributed by atoms with van der Waals surface area (Å²) >= 11 is 0. The zero-order valence-electron chi connectivity index (χ0n) is 14.1. The zero-order valence-corrected chi connectivity index (χ0v) is 14.1. The first-order chi connectivity index (χ1) is 11.1. The SMILES string of the molecule is CCc1nc(-c2ccc(C)c3cccnc23)c(=O)n(C)c1CC. The predicted octanol–water partition coefficient (Wildman–Crippen LogP) is 3.43. The predicted molar refractivity (Wildman–Crippen MR) is 93.7 cm³/mol. The first-order valence-electron chi connectivity index (χ1n) is 8.01. The molecule has 0 aliphatic rings. The fraction of sp³-hybridized carbons (Fsp3) is 0.316. The molecule has 2 heterocycles. The van der Waals surface area contributed by atoms with Crippen molar-refractivity contribution in [3.8, 4) is 11.3 Å². The Kier molecular flexibility index (Phi) is 3.99. The third-order valence-electron chi connectivity index (χ3n) is 4.40. The number of hydrogen-bond acceptors (Lipinski definition) is 3. The second-order valence-corrected chi connectivity index (χ2v) is 5.75. The van der Waals surface area contributed by atoms with Crippen LogP contribution in [0, 0.1) is 6.92 Å². The lowest BCUT2D eigenvalue weighted by molar-refractivity contribution is 0.740. The molecular formula is C19H21N3O. The maximum atomic E-state index is 12.8. The molecule has 4 nitrogen and oxygen atoms in total. The highest BCUT2D eigenvalue weighted by Gasteiger charge is 2.16. The summed E-state index contributed by atoms with van der Waals surface area (Å²) in [5.74, 6) is 0. The van der Waals surface area contributed by atoms with Crippen molar-refractivity contribution in [3.63, 3.8) is 0 Å². The summed E-state index contributed by atoms with van der Waals surface area (Å²) in [7, 11) is 1.83. The van der Waals surface area contributed by atoms with Gasteiger partial charge in [0, 0.05) is 29.9 Å². The Hall–Kier alpha value is -2.49. The van der Waals surface area contributed by atoms with Gasteiger partial charge in [0.2, 0.25) is 0 Å². The summed E-state index contributed by atoms with van der Waals surface area (Å²) in [4.78, 5) is 22.0. The van der Waals surface area contributed by atoms with Gasteiger partial charge in [-0.15, -0.1) is 0 Å². The van der Waals surface area contributed by atoms with E-state index in [4.69, 9.17) is 4.98 Å². The number of aromatic nitrogens is 3. The van der Waals surface area contributed by atoms with Crippen LogP contribution in [-0.4, -0.2) is 14.5 Å². The molecule has 0 bridgehead atoms. The van der Waals surface area contributed by atoms with Gasteiger partial charge in [-0.05, 0) is 31.4 Å². The maximum Gasteiger partial charge on any atom is 0.277 e. The highest BCUT2D eigenvalue weighted by molar-refractivity contribution is 5.94. The minimum absolute atomic E-state index is 0.0603. The Labute approximate surface area is 135 Å². The van der Waals surface area contributed by atoms with Crippen LogP contribution in [0.25, 0.3) is 22.2 Å². The van der Waals surface area contributed by atoms with Crippen LogP contribution in [0.3, 0.4) is 0 Å². The van der Waals surface area contributed by atoms with Crippen molar-refractivity contribution in [2.45, 2.75) is 33.6 Å². The van der Waals surface area contributed by atoms with E-state index in [9.17, 15) is 4.79 Å². The molecule has 0 saturated heterocycles. The lowest BCUT2D eigenvalue weighted by atomic mass is 10.0. The van der Waals surface area contributed by atoms with Gasteiger partial charge in [0.1, 0.15) is 5.69 Å². The fourth-order valence-corrected chi connectivity index (χ4v) is 3.13. The number of aryl methyl sites for hydroxylation is 2. The van der Waals surface area contributed by atoms with Crippen LogP contribution in [0.1, 0.15) is 30.8 Å². The number of fused-ring (bicyclic) bond motifs is 1. The summed E-state index contributed by atoms with van der Waals surface area (Å²) in [6, 6.07) is 7.94. The van der Waals surface area contributed by atoms with Gasteiger partial charge in [0.25, 0.3) is 5.56 Å². The summed E-state index contributed by atoms with van der Waals surface area (Å²) in [5, 5.41) is 1.06. The fourth-order valence-electron chi connectivity index (χ4n) is 3.13. The molecule has 0 atom stereocenters. The average Bonchev–Trinajstić information content (AvgIpc) is 2.58. The number of pyridine rings is 1. The molecule has 0 fully saturated rings. The molecule has 23 heavy (non-hydrogen) atoms. The van der Waals surface area contributed by atoms with E-state index in [-0.39, 0.29) is 5.56 Å². The quantitative estimate of drug-likeness (QED) is 0.745. The first kappa shape index (κ1) is 15.4. The van der Waals surface area contributed by atoms with E-state index >= 15 is 0 Å². The molecule has 0 amide bonds. The van der Waals surface area contributed by atoms with Gasteiger partial charge in [-0.1, -0.05) is 32.0 Å². The van der Waals surface area contributed by atoms with Gasteiger partial charge in [-0.2, -0.15) is 0 Å². The molecule has 0 N–H and O–H groups in total. The summed E-state index contributed by atoms with van der Waals surface area (Å²) < 4.78 is 1.73. The van der Waals surface area contributed by atoms with Crippen molar-refractivity contribution < 1.29 is 0 Å². The highest BCUT2D eigenvalue weighted by atomic mass is 16.1. The Morgan fingerprint density at radius 3 is 2.61 bits per heavy atom. The molecule has 0 saturated carbocycles. The number of benzene rings is 1. The minimum Gasteiger partial charge on any atom is -0.312 e. The van der Waals surface area contributed by atoms with E-state index in [2.05, 4.69) is 25.8 Å². The molecule has 0 aliphatic carbocycles. The van der Waals surface area contributed by atoms with Crippen LogP contribution in [0.5, 0.6) is 0 Å². The first-order valence-corrected chi connectivity index (χ1v) is 8.01. The van der Waals surface area contributed by atoms with Gasteiger partial charge in [-0.3, -0.25) is 9.78 Å². The van der Waals surface area contributed by atoms with E-state index in [0.717, 1.165) is 46.3 Å². The van der Waals surface area contributed by atoms with Crippen LogP contribution in [0.4, 0.5) is 0 Å². The largest absolute Gasteiger partial charge is 0.312 e. The van der Waals surface area contributed by atoms with E-state index in [1.54, 1.807) is 10.8 Å². The Morgan fingerprint density at radius 2 is 1.91 bits per heavy atom. The number of nitrogens with zero attached hydrogens (tertiary/aromatic N) is 3. The van der Waals surface area contributed by atoms with E-state index in [1.165, 1.54) is 0 Å². The zero-order chi connectivity index (χ0) is 16.6. The number of rotatable bonds is 3. The summed E-state index contributed by atoms with van der Waals surface area (Å²) in [6.07, 6.45) is 3.37. The van der Waals surface area contributed by atoms with Crippen molar-refractivity contribution in [1.29, 1.82) is 0 Å². The van der Waals surface area contributed by atoms with E-state index < -0.39 is 0 Å². The van der Waals surface area contributed by atoms with Crippen LogP contribution < -0.4 is 5.56 Å². The molecule has 118 valence electrons. The third-order valence-corrected chi connectivity index (χ3v) is 4.40. The highest BCUT2D eigenvalue weighted by Crippen LogP contribution is 2.26. The lowest BCUT2D eigenvalue weighted by Crippen LogP contribution is -2.25. The average molecular weight is 307 g/mol. The smallest absolute Gasteiger partial charge is 0.277 e. The maximum absolute atomic E-state index is 12.8. The van der Waals surface area contributed by atoms with Gasteiger partial charge in [-0.25, -0.2) is 4.98 Å². The Morgan fingerprint density at radius 1 is 1.13 bits per heavy atom. The van der Waals surface area contributed by atoms with E-state index in [1.807, 2.05) is 31.3 Å². The minimum atomic E-state index is -0.0603. The van der Waals surface area contributed by atoms with Crippen molar-refractivity contribution in [2.24, 2.45) is 7.05 Å². The topological polar surface area (TPSA) is 47.8 Å². The van der Waals surface area contributed by atoms with Crippen molar-refractivity contribution in [1.82, 2.24) is 14.5 Å². The van der Waals surface area contributed by atoms with Gasteiger partial charge in [0.15, 0.2) is 0 Å². The Balaban J connectivity index is 2.39. The standard InChI is InChI=1S/C19H21N3O/c1-5-15-16(6-2)22(4)19(23)18(21-15)14-10-9-12(3)13-8-7-11-20-17(13)14/h7-11H,5-6H2,1-4H3. The Bertz CT molecular complexity index is 941. The van der Waals surface area contributed by atoms with Crippen LogP contribution >= 0.6 is 0 Å². The summed E-state index contributed by atoms with van der Waals surface area (Å²) in [6.45, 7) is 6.18. The molecular weight excluding hydrogens is 286 g/mol. The molecule has 1 aromatic carbocycles. The second kappa shape index (κ2) is 5.95. The third kappa shape index (κ3) is 2.44. The molecule has 2 aromatic heterocycles. The monoisotopic (exact) mass is 307 g/mol. The van der Waals surface area contributed by atoms with Crippen molar-refractivity contribution in [2.75, 3.05) is 0 Å². The molecule has 3 aromatic rings. The van der Waals surface area contributed by atoms with Crippen LogP contribution in [0.2, 0.25) is 0 Å². The second-order valence-electron chi connectivity index (χ2n) is 5.75. The van der Waals surface area contributed by atoms with Crippen molar-refractivity contribution >= 4 is 10.9 Å². The normalized spacial score (nSPS) is 11.1. The van der Waals surface area contributed by atoms with Gasteiger partial charge in [0.05, 0.1) is 11.2 Å². The molecule has 3 rings (SSSR count). The van der Waals surface area contributed by atoms with Crippen LogP contribution in [-0.2, 0) is 19.9 Å². The molecule has 0 aliphatic heterocycles. The van der Waals surface area contributed by atoms with Crippen molar-refractivity contribution in [3.05, 3.63) is 57.8 Å².